The van der Waals surface area contributed by atoms with Crippen molar-refractivity contribution < 1.29 is 9.59 Å². The minimum atomic E-state index is -0.119. The van der Waals surface area contributed by atoms with Crippen LogP contribution < -0.4 is 16.0 Å². The van der Waals surface area contributed by atoms with Gasteiger partial charge in [-0.2, -0.15) is 0 Å². The maximum absolute atomic E-state index is 12.0. The fourth-order valence-electron chi connectivity index (χ4n) is 2.76. The number of hydrogen-bond acceptors (Lipinski definition) is 4. The van der Waals surface area contributed by atoms with Crippen molar-refractivity contribution in [1.29, 1.82) is 0 Å². The summed E-state index contributed by atoms with van der Waals surface area (Å²) in [5, 5.41) is 10.9. The summed E-state index contributed by atoms with van der Waals surface area (Å²) in [6, 6.07) is 10.8. The number of anilines is 2. The fourth-order valence-corrected chi connectivity index (χ4v) is 3.38. The Balaban J connectivity index is 0.00000225. The van der Waals surface area contributed by atoms with Crippen LogP contribution in [-0.4, -0.2) is 24.9 Å². The number of rotatable bonds is 6. The van der Waals surface area contributed by atoms with E-state index < -0.39 is 0 Å². The van der Waals surface area contributed by atoms with E-state index in [9.17, 15) is 9.59 Å². The van der Waals surface area contributed by atoms with Crippen LogP contribution in [0.15, 0.2) is 41.8 Å². The predicted octanol–water partition coefficient (Wildman–Crippen LogP) is 3.75. The van der Waals surface area contributed by atoms with Gasteiger partial charge in [-0.15, -0.1) is 23.7 Å². The van der Waals surface area contributed by atoms with E-state index in [1.54, 1.807) is 30.3 Å². The molecular formula is C18H22ClN3O2S. The maximum Gasteiger partial charge on any atom is 0.265 e. The Morgan fingerprint density at radius 1 is 1.12 bits per heavy atom. The third kappa shape index (κ3) is 5.85. The van der Waals surface area contributed by atoms with Crippen LogP contribution in [0.3, 0.4) is 0 Å². The van der Waals surface area contributed by atoms with Crippen molar-refractivity contribution >= 4 is 46.9 Å². The van der Waals surface area contributed by atoms with Crippen molar-refractivity contribution in [2.45, 2.75) is 19.3 Å². The van der Waals surface area contributed by atoms with E-state index >= 15 is 0 Å². The quantitative estimate of drug-likeness (QED) is 0.715. The first-order chi connectivity index (χ1) is 11.7. The standard InChI is InChI=1S/C18H21N3O2S.ClH/c22-17(8-3-13-9-10-19-12-13)20-14-4-6-15(7-5-14)21-18(23)16-2-1-11-24-16;/h1-2,4-7,11,13,19H,3,8-10,12H2,(H,20,22)(H,21,23);1H. The molecule has 3 N–H and O–H groups in total. The number of thiophene rings is 1. The van der Waals surface area contributed by atoms with Crippen molar-refractivity contribution in [3.8, 4) is 0 Å². The third-order valence-corrected chi connectivity index (χ3v) is 4.98. The summed E-state index contributed by atoms with van der Waals surface area (Å²) in [6.45, 7) is 2.08. The van der Waals surface area contributed by atoms with Gasteiger partial charge in [0.25, 0.3) is 5.91 Å². The minimum Gasteiger partial charge on any atom is -0.326 e. The molecule has 0 spiro atoms. The monoisotopic (exact) mass is 379 g/mol. The third-order valence-electron chi connectivity index (χ3n) is 4.11. The predicted molar refractivity (Wildman–Crippen MR) is 105 cm³/mol. The van der Waals surface area contributed by atoms with E-state index in [0.29, 0.717) is 22.9 Å². The summed E-state index contributed by atoms with van der Waals surface area (Å²) < 4.78 is 0. The van der Waals surface area contributed by atoms with E-state index in [1.807, 2.05) is 11.4 Å². The van der Waals surface area contributed by atoms with Gasteiger partial charge in [0.05, 0.1) is 4.88 Å². The fraction of sp³-hybridized carbons (Fsp3) is 0.333. The van der Waals surface area contributed by atoms with Gasteiger partial charge in [-0.05, 0) is 67.6 Å². The number of carbonyl (C=O) groups is 2. The summed E-state index contributed by atoms with van der Waals surface area (Å²) in [6.07, 6.45) is 2.63. The normalized spacial score (nSPS) is 16.1. The maximum atomic E-state index is 12.0. The number of halogens is 1. The average molecular weight is 380 g/mol. The molecule has 2 aromatic rings. The zero-order valence-electron chi connectivity index (χ0n) is 13.8. The van der Waals surface area contributed by atoms with Gasteiger partial charge in [-0.1, -0.05) is 6.07 Å². The van der Waals surface area contributed by atoms with Crippen molar-refractivity contribution in [1.82, 2.24) is 5.32 Å². The van der Waals surface area contributed by atoms with E-state index in [4.69, 9.17) is 0 Å². The lowest BCUT2D eigenvalue weighted by Gasteiger charge is -2.09. The Bertz CT molecular complexity index is 683. The van der Waals surface area contributed by atoms with Crippen LogP contribution in [0.5, 0.6) is 0 Å². The van der Waals surface area contributed by atoms with Gasteiger partial charge in [0.1, 0.15) is 0 Å². The highest BCUT2D eigenvalue weighted by atomic mass is 35.5. The van der Waals surface area contributed by atoms with E-state index in [0.717, 1.165) is 31.6 Å². The van der Waals surface area contributed by atoms with Crippen LogP contribution in [-0.2, 0) is 4.79 Å². The van der Waals surface area contributed by atoms with Crippen LogP contribution in [0.4, 0.5) is 11.4 Å². The second-order valence-corrected chi connectivity index (χ2v) is 6.90. The van der Waals surface area contributed by atoms with Gasteiger partial charge >= 0.3 is 0 Å². The van der Waals surface area contributed by atoms with Gasteiger partial charge < -0.3 is 16.0 Å². The highest BCUT2D eigenvalue weighted by Crippen LogP contribution is 2.18. The molecule has 0 radical (unpaired) electrons. The molecule has 0 aliphatic carbocycles. The molecule has 1 aromatic carbocycles. The number of benzene rings is 1. The Labute approximate surface area is 157 Å². The van der Waals surface area contributed by atoms with Crippen LogP contribution >= 0.6 is 23.7 Å². The smallest absolute Gasteiger partial charge is 0.265 e. The molecule has 2 heterocycles. The summed E-state index contributed by atoms with van der Waals surface area (Å²) in [5.41, 5.74) is 1.46. The molecule has 0 bridgehead atoms. The zero-order valence-corrected chi connectivity index (χ0v) is 15.4. The number of carbonyl (C=O) groups excluding carboxylic acids is 2. The highest BCUT2D eigenvalue weighted by Gasteiger charge is 2.15. The molecule has 1 unspecified atom stereocenters. The molecule has 25 heavy (non-hydrogen) atoms. The summed E-state index contributed by atoms with van der Waals surface area (Å²) in [5.74, 6) is 0.537. The Morgan fingerprint density at radius 2 is 1.84 bits per heavy atom. The molecule has 3 rings (SSSR count). The summed E-state index contributed by atoms with van der Waals surface area (Å²) in [7, 11) is 0. The van der Waals surface area contributed by atoms with Crippen LogP contribution in [0, 0.1) is 5.92 Å². The van der Waals surface area contributed by atoms with Crippen LogP contribution in [0.2, 0.25) is 0 Å². The molecule has 2 amide bonds. The minimum absolute atomic E-state index is 0. The largest absolute Gasteiger partial charge is 0.326 e. The second kappa shape index (κ2) is 9.56. The van der Waals surface area contributed by atoms with E-state index in [1.165, 1.54) is 11.3 Å². The van der Waals surface area contributed by atoms with Gasteiger partial charge in [-0.3, -0.25) is 9.59 Å². The molecule has 1 atom stereocenters. The lowest BCUT2D eigenvalue weighted by Crippen LogP contribution is -2.15. The molecule has 1 aliphatic rings. The van der Waals surface area contributed by atoms with Gasteiger partial charge in [0, 0.05) is 17.8 Å². The van der Waals surface area contributed by atoms with Gasteiger partial charge in [0.15, 0.2) is 0 Å². The Kier molecular flexibility index (Phi) is 7.43. The highest BCUT2D eigenvalue weighted by molar-refractivity contribution is 7.12. The summed E-state index contributed by atoms with van der Waals surface area (Å²) >= 11 is 1.40. The molecule has 134 valence electrons. The van der Waals surface area contributed by atoms with Crippen molar-refractivity contribution in [2.75, 3.05) is 23.7 Å². The first-order valence-corrected chi connectivity index (χ1v) is 9.04. The molecule has 5 nitrogen and oxygen atoms in total. The van der Waals surface area contributed by atoms with Crippen LogP contribution in [0.1, 0.15) is 28.9 Å². The summed E-state index contributed by atoms with van der Waals surface area (Å²) in [4.78, 5) is 24.6. The number of nitrogens with one attached hydrogen (secondary N) is 3. The van der Waals surface area contributed by atoms with Crippen molar-refractivity contribution in [3.05, 3.63) is 46.7 Å². The first-order valence-electron chi connectivity index (χ1n) is 8.16. The lowest BCUT2D eigenvalue weighted by atomic mass is 10.0. The second-order valence-electron chi connectivity index (χ2n) is 5.95. The zero-order chi connectivity index (χ0) is 16.8. The van der Waals surface area contributed by atoms with Crippen molar-refractivity contribution in [2.24, 2.45) is 5.92 Å². The molecular weight excluding hydrogens is 358 g/mol. The molecule has 1 fully saturated rings. The molecule has 0 saturated carbocycles. The van der Waals surface area contributed by atoms with Gasteiger partial charge in [-0.25, -0.2) is 0 Å². The average Bonchev–Trinajstić information content (AvgIpc) is 3.28. The van der Waals surface area contributed by atoms with E-state index in [2.05, 4.69) is 16.0 Å². The van der Waals surface area contributed by atoms with Crippen LogP contribution in [0.25, 0.3) is 0 Å². The molecule has 7 heteroatoms. The SMILES string of the molecule is Cl.O=C(CCC1CCNC1)Nc1ccc(NC(=O)c2cccs2)cc1. The van der Waals surface area contributed by atoms with Crippen molar-refractivity contribution in [3.63, 3.8) is 0 Å². The number of amides is 2. The first kappa shape index (κ1) is 19.4. The van der Waals surface area contributed by atoms with E-state index in [-0.39, 0.29) is 24.2 Å². The number of hydrogen-bond donors (Lipinski definition) is 3. The lowest BCUT2D eigenvalue weighted by molar-refractivity contribution is -0.116. The van der Waals surface area contributed by atoms with Gasteiger partial charge in [0.2, 0.25) is 5.91 Å². The Morgan fingerprint density at radius 3 is 2.44 bits per heavy atom. The molecule has 1 aliphatic heterocycles. The Hall–Kier alpha value is -1.89. The molecule has 1 aromatic heterocycles. The topological polar surface area (TPSA) is 70.2 Å². The molecule has 1 saturated heterocycles.